The largest absolute Gasteiger partial charge is 0.356 e. The number of aromatic amines is 1. The first-order valence-electron chi connectivity index (χ1n) is 8.41. The summed E-state index contributed by atoms with van der Waals surface area (Å²) in [4.78, 5) is 15.2. The molecule has 0 fully saturated rings. The Balaban J connectivity index is 1.98. The fourth-order valence-electron chi connectivity index (χ4n) is 2.93. The Morgan fingerprint density at radius 3 is 2.52 bits per heavy atom. The standard InChI is InChI=1S/C20H20F2N2O/c1-2-11-23-19(25)10-8-16-17-12-15(22)7-9-18(17)24-20(16)13-3-5-14(21)6-4-13/h3-7,9,12,24H,2,8,10-11H2,1H3,(H,23,25). The van der Waals surface area contributed by atoms with E-state index < -0.39 is 0 Å². The summed E-state index contributed by atoms with van der Waals surface area (Å²) in [7, 11) is 0. The quantitative estimate of drug-likeness (QED) is 0.677. The lowest BCUT2D eigenvalue weighted by Crippen LogP contribution is -2.24. The molecule has 3 rings (SSSR count). The number of aromatic nitrogens is 1. The number of amides is 1. The number of fused-ring (bicyclic) bond motifs is 1. The Morgan fingerprint density at radius 1 is 1.08 bits per heavy atom. The second-order valence-electron chi connectivity index (χ2n) is 6.03. The molecule has 0 saturated carbocycles. The van der Waals surface area contributed by atoms with Gasteiger partial charge < -0.3 is 10.3 Å². The third kappa shape index (κ3) is 3.87. The van der Waals surface area contributed by atoms with Gasteiger partial charge in [0.05, 0.1) is 0 Å². The molecule has 2 aromatic carbocycles. The molecule has 0 aliphatic rings. The zero-order valence-electron chi connectivity index (χ0n) is 14.0. The zero-order valence-corrected chi connectivity index (χ0v) is 14.0. The Morgan fingerprint density at radius 2 is 1.80 bits per heavy atom. The van der Waals surface area contributed by atoms with E-state index in [-0.39, 0.29) is 17.5 Å². The Kier molecular flexibility index (Phi) is 5.12. The van der Waals surface area contributed by atoms with Crippen LogP contribution in [-0.4, -0.2) is 17.4 Å². The molecule has 3 nitrogen and oxygen atoms in total. The first-order chi connectivity index (χ1) is 12.1. The van der Waals surface area contributed by atoms with Gasteiger partial charge in [-0.15, -0.1) is 0 Å². The van der Waals surface area contributed by atoms with Crippen LogP contribution in [0.2, 0.25) is 0 Å². The first kappa shape index (κ1) is 17.1. The lowest BCUT2D eigenvalue weighted by atomic mass is 10.0. The molecule has 1 heterocycles. The molecular formula is C20H20F2N2O. The molecule has 1 amide bonds. The number of aryl methyl sites for hydroxylation is 1. The fourth-order valence-corrected chi connectivity index (χ4v) is 2.93. The van der Waals surface area contributed by atoms with E-state index in [0.29, 0.717) is 19.4 Å². The van der Waals surface area contributed by atoms with Crippen LogP contribution in [0.3, 0.4) is 0 Å². The van der Waals surface area contributed by atoms with E-state index in [9.17, 15) is 13.6 Å². The minimum Gasteiger partial charge on any atom is -0.356 e. The van der Waals surface area contributed by atoms with E-state index in [1.54, 1.807) is 18.2 Å². The van der Waals surface area contributed by atoms with Crippen LogP contribution >= 0.6 is 0 Å². The van der Waals surface area contributed by atoms with E-state index in [1.807, 2.05) is 6.92 Å². The molecule has 0 unspecified atom stereocenters. The van der Waals surface area contributed by atoms with Gasteiger partial charge in [0.1, 0.15) is 11.6 Å². The van der Waals surface area contributed by atoms with Crippen LogP contribution in [0.5, 0.6) is 0 Å². The molecule has 5 heteroatoms. The van der Waals surface area contributed by atoms with Crippen molar-refractivity contribution < 1.29 is 13.6 Å². The minimum absolute atomic E-state index is 0.0299. The van der Waals surface area contributed by atoms with Crippen LogP contribution in [0.4, 0.5) is 8.78 Å². The lowest BCUT2D eigenvalue weighted by molar-refractivity contribution is -0.121. The molecule has 1 aromatic heterocycles. The number of hydrogen-bond acceptors (Lipinski definition) is 1. The van der Waals surface area contributed by atoms with Gasteiger partial charge in [-0.25, -0.2) is 8.78 Å². The van der Waals surface area contributed by atoms with E-state index in [2.05, 4.69) is 10.3 Å². The van der Waals surface area contributed by atoms with Crippen LogP contribution in [0, 0.1) is 11.6 Å². The second kappa shape index (κ2) is 7.47. The Labute approximate surface area is 145 Å². The number of carbonyl (C=O) groups excluding carboxylic acids is 1. The molecule has 0 spiro atoms. The molecule has 0 aliphatic heterocycles. The van der Waals surface area contributed by atoms with Crippen molar-refractivity contribution in [3.05, 3.63) is 59.7 Å². The summed E-state index contributed by atoms with van der Waals surface area (Å²) in [6.07, 6.45) is 1.67. The van der Waals surface area contributed by atoms with Crippen molar-refractivity contribution in [1.82, 2.24) is 10.3 Å². The van der Waals surface area contributed by atoms with Gasteiger partial charge in [-0.05, 0) is 66.4 Å². The predicted octanol–water partition coefficient (Wildman–Crippen LogP) is 4.57. The van der Waals surface area contributed by atoms with Crippen molar-refractivity contribution in [2.45, 2.75) is 26.2 Å². The van der Waals surface area contributed by atoms with E-state index >= 15 is 0 Å². The zero-order chi connectivity index (χ0) is 17.8. The average Bonchev–Trinajstić information content (AvgIpc) is 2.96. The third-order valence-corrected chi connectivity index (χ3v) is 4.18. The highest BCUT2D eigenvalue weighted by Crippen LogP contribution is 2.32. The topological polar surface area (TPSA) is 44.9 Å². The molecule has 3 aromatic rings. The molecule has 0 atom stereocenters. The van der Waals surface area contributed by atoms with Gasteiger partial charge in [0.15, 0.2) is 0 Å². The van der Waals surface area contributed by atoms with E-state index in [4.69, 9.17) is 0 Å². The average molecular weight is 342 g/mol. The van der Waals surface area contributed by atoms with Gasteiger partial charge in [-0.1, -0.05) is 6.92 Å². The summed E-state index contributed by atoms with van der Waals surface area (Å²) in [6.45, 7) is 2.64. The maximum atomic E-state index is 13.7. The highest BCUT2D eigenvalue weighted by molar-refractivity contribution is 5.91. The fraction of sp³-hybridized carbons (Fsp3) is 0.250. The van der Waals surface area contributed by atoms with Gasteiger partial charge in [0, 0.05) is 29.6 Å². The molecule has 0 bridgehead atoms. The van der Waals surface area contributed by atoms with E-state index in [0.717, 1.165) is 34.1 Å². The molecular weight excluding hydrogens is 322 g/mol. The molecule has 25 heavy (non-hydrogen) atoms. The molecule has 0 aliphatic carbocycles. The van der Waals surface area contributed by atoms with Crippen molar-refractivity contribution in [2.75, 3.05) is 6.54 Å². The van der Waals surface area contributed by atoms with Crippen molar-refractivity contribution in [2.24, 2.45) is 0 Å². The summed E-state index contributed by atoms with van der Waals surface area (Å²) < 4.78 is 26.9. The SMILES string of the molecule is CCCNC(=O)CCc1c(-c2ccc(F)cc2)[nH]c2ccc(F)cc12. The lowest BCUT2D eigenvalue weighted by Gasteiger charge is -2.07. The molecule has 0 radical (unpaired) electrons. The van der Waals surface area contributed by atoms with Crippen LogP contribution in [-0.2, 0) is 11.2 Å². The minimum atomic E-state index is -0.325. The Bertz CT molecular complexity index is 885. The summed E-state index contributed by atoms with van der Waals surface area (Å²) >= 11 is 0. The highest BCUT2D eigenvalue weighted by atomic mass is 19.1. The molecule has 2 N–H and O–H groups in total. The smallest absolute Gasteiger partial charge is 0.220 e. The van der Waals surface area contributed by atoms with Crippen molar-refractivity contribution in [3.63, 3.8) is 0 Å². The van der Waals surface area contributed by atoms with Gasteiger partial charge in [-0.3, -0.25) is 4.79 Å². The maximum absolute atomic E-state index is 13.7. The monoisotopic (exact) mass is 342 g/mol. The number of hydrogen-bond donors (Lipinski definition) is 2. The molecule has 130 valence electrons. The van der Waals surface area contributed by atoms with E-state index in [1.165, 1.54) is 24.3 Å². The van der Waals surface area contributed by atoms with Crippen molar-refractivity contribution in [3.8, 4) is 11.3 Å². The van der Waals surface area contributed by atoms with Crippen molar-refractivity contribution in [1.29, 1.82) is 0 Å². The molecule has 0 saturated heterocycles. The second-order valence-corrected chi connectivity index (χ2v) is 6.03. The summed E-state index contributed by atoms with van der Waals surface area (Å²) in [6, 6.07) is 10.7. The summed E-state index contributed by atoms with van der Waals surface area (Å²) in [5.74, 6) is -0.669. The number of rotatable bonds is 6. The third-order valence-electron chi connectivity index (χ3n) is 4.18. The highest BCUT2D eigenvalue weighted by Gasteiger charge is 2.15. The first-order valence-corrected chi connectivity index (χ1v) is 8.41. The van der Waals surface area contributed by atoms with Gasteiger partial charge in [0.25, 0.3) is 0 Å². The van der Waals surface area contributed by atoms with Crippen LogP contribution in [0.25, 0.3) is 22.2 Å². The van der Waals surface area contributed by atoms with Gasteiger partial charge in [-0.2, -0.15) is 0 Å². The van der Waals surface area contributed by atoms with Crippen LogP contribution in [0.1, 0.15) is 25.3 Å². The predicted molar refractivity (Wildman–Crippen MR) is 95.3 cm³/mol. The number of benzene rings is 2. The number of H-pyrrole nitrogens is 1. The summed E-state index contributed by atoms with van der Waals surface area (Å²) in [5.41, 5.74) is 3.27. The Hall–Kier alpha value is -2.69. The number of nitrogens with one attached hydrogen (secondary N) is 2. The van der Waals surface area contributed by atoms with Gasteiger partial charge >= 0.3 is 0 Å². The van der Waals surface area contributed by atoms with Crippen molar-refractivity contribution >= 4 is 16.8 Å². The van der Waals surface area contributed by atoms with Gasteiger partial charge in [0.2, 0.25) is 5.91 Å². The number of carbonyl (C=O) groups is 1. The van der Waals surface area contributed by atoms with Crippen LogP contribution in [0.15, 0.2) is 42.5 Å². The number of halogens is 2. The normalized spacial score (nSPS) is 11.0. The maximum Gasteiger partial charge on any atom is 0.220 e. The summed E-state index contributed by atoms with van der Waals surface area (Å²) in [5, 5.41) is 3.60. The van der Waals surface area contributed by atoms with Crippen LogP contribution < -0.4 is 5.32 Å².